The molecule has 0 aliphatic heterocycles. The van der Waals surface area contributed by atoms with Gasteiger partial charge >= 0.3 is 0 Å². The minimum Gasteiger partial charge on any atom is -0.497 e. The second kappa shape index (κ2) is 8.11. The van der Waals surface area contributed by atoms with Crippen LogP contribution in [0, 0.1) is 5.92 Å². The van der Waals surface area contributed by atoms with Gasteiger partial charge in [-0.2, -0.15) is 0 Å². The SMILES string of the molecule is CCC(CC)CNCC(O)c1ccc(OC)cc1. The van der Waals surface area contributed by atoms with Gasteiger partial charge in [-0.1, -0.05) is 38.8 Å². The Morgan fingerprint density at radius 3 is 2.22 bits per heavy atom. The highest BCUT2D eigenvalue weighted by Gasteiger charge is 2.08. The first-order chi connectivity index (χ1) is 8.71. The molecule has 0 aliphatic rings. The van der Waals surface area contributed by atoms with Crippen LogP contribution in [0.25, 0.3) is 0 Å². The molecular formula is C15H25NO2. The number of nitrogens with one attached hydrogen (secondary N) is 1. The van der Waals surface area contributed by atoms with Crippen LogP contribution in [0.15, 0.2) is 24.3 Å². The predicted octanol–water partition coefficient (Wildman–Crippen LogP) is 2.75. The van der Waals surface area contributed by atoms with Crippen molar-refractivity contribution < 1.29 is 9.84 Å². The van der Waals surface area contributed by atoms with E-state index < -0.39 is 6.10 Å². The van der Waals surface area contributed by atoms with Crippen LogP contribution in [0.2, 0.25) is 0 Å². The molecule has 0 heterocycles. The number of aliphatic hydroxyl groups excluding tert-OH is 1. The number of hydrogen-bond acceptors (Lipinski definition) is 3. The van der Waals surface area contributed by atoms with Gasteiger partial charge < -0.3 is 15.2 Å². The Balaban J connectivity index is 2.37. The zero-order valence-corrected chi connectivity index (χ0v) is 11.6. The average Bonchev–Trinajstić information content (AvgIpc) is 2.43. The molecule has 3 nitrogen and oxygen atoms in total. The van der Waals surface area contributed by atoms with Gasteiger partial charge in [0, 0.05) is 6.54 Å². The molecule has 1 atom stereocenters. The van der Waals surface area contributed by atoms with E-state index in [0.717, 1.165) is 17.9 Å². The number of hydrogen-bond donors (Lipinski definition) is 2. The highest BCUT2D eigenvalue weighted by molar-refractivity contribution is 5.28. The minimum atomic E-state index is -0.453. The summed E-state index contributed by atoms with van der Waals surface area (Å²) in [7, 11) is 1.64. The number of methoxy groups -OCH3 is 1. The number of rotatable bonds is 8. The molecule has 2 N–H and O–H groups in total. The Morgan fingerprint density at radius 2 is 1.72 bits per heavy atom. The molecule has 1 rings (SSSR count). The van der Waals surface area contributed by atoms with Crippen molar-refractivity contribution in [2.24, 2.45) is 5.92 Å². The fraction of sp³-hybridized carbons (Fsp3) is 0.600. The van der Waals surface area contributed by atoms with Gasteiger partial charge in [-0.05, 0) is 30.2 Å². The van der Waals surface area contributed by atoms with Crippen molar-refractivity contribution in [3.63, 3.8) is 0 Å². The fourth-order valence-electron chi connectivity index (χ4n) is 1.95. The fourth-order valence-corrected chi connectivity index (χ4v) is 1.95. The van der Waals surface area contributed by atoms with Crippen LogP contribution in [0.4, 0.5) is 0 Å². The maximum absolute atomic E-state index is 10.0. The molecule has 18 heavy (non-hydrogen) atoms. The second-order valence-electron chi connectivity index (χ2n) is 4.63. The molecule has 0 amide bonds. The van der Waals surface area contributed by atoms with E-state index in [1.807, 2.05) is 24.3 Å². The molecule has 0 spiro atoms. The Hall–Kier alpha value is -1.06. The van der Waals surface area contributed by atoms with Crippen molar-refractivity contribution in [3.8, 4) is 5.75 Å². The molecule has 0 bridgehead atoms. The molecule has 0 radical (unpaired) electrons. The van der Waals surface area contributed by atoms with Gasteiger partial charge in [-0.3, -0.25) is 0 Å². The molecular weight excluding hydrogens is 226 g/mol. The standard InChI is InChI=1S/C15H25NO2/c1-4-12(5-2)10-16-11-15(17)13-6-8-14(18-3)9-7-13/h6-9,12,15-17H,4-5,10-11H2,1-3H3. The third-order valence-electron chi connectivity index (χ3n) is 3.43. The van der Waals surface area contributed by atoms with Crippen molar-refractivity contribution >= 4 is 0 Å². The summed E-state index contributed by atoms with van der Waals surface area (Å²) in [5, 5.41) is 13.4. The van der Waals surface area contributed by atoms with Crippen molar-refractivity contribution in [2.75, 3.05) is 20.2 Å². The largest absolute Gasteiger partial charge is 0.497 e. The van der Waals surface area contributed by atoms with Crippen LogP contribution in [-0.2, 0) is 0 Å². The van der Waals surface area contributed by atoms with Gasteiger partial charge in [0.15, 0.2) is 0 Å². The molecule has 1 aromatic carbocycles. The molecule has 102 valence electrons. The highest BCUT2D eigenvalue weighted by Crippen LogP contribution is 2.17. The summed E-state index contributed by atoms with van der Waals surface area (Å²) in [5.41, 5.74) is 0.924. The normalized spacial score (nSPS) is 12.7. The second-order valence-corrected chi connectivity index (χ2v) is 4.63. The van der Waals surface area contributed by atoms with Crippen LogP contribution in [0.5, 0.6) is 5.75 Å². The monoisotopic (exact) mass is 251 g/mol. The van der Waals surface area contributed by atoms with Gasteiger partial charge in [0.2, 0.25) is 0 Å². The molecule has 0 fully saturated rings. The van der Waals surface area contributed by atoms with E-state index in [1.54, 1.807) is 7.11 Å². The van der Waals surface area contributed by atoms with Crippen LogP contribution >= 0.6 is 0 Å². The van der Waals surface area contributed by atoms with E-state index >= 15 is 0 Å². The molecule has 1 unspecified atom stereocenters. The van der Waals surface area contributed by atoms with E-state index in [0.29, 0.717) is 12.5 Å². The average molecular weight is 251 g/mol. The zero-order chi connectivity index (χ0) is 13.4. The molecule has 0 aliphatic carbocycles. The topological polar surface area (TPSA) is 41.5 Å². The van der Waals surface area contributed by atoms with Gasteiger partial charge in [0.05, 0.1) is 13.2 Å². The summed E-state index contributed by atoms with van der Waals surface area (Å²) in [4.78, 5) is 0. The third-order valence-corrected chi connectivity index (χ3v) is 3.43. The van der Waals surface area contributed by atoms with E-state index in [9.17, 15) is 5.11 Å². The van der Waals surface area contributed by atoms with Crippen molar-refractivity contribution in [1.29, 1.82) is 0 Å². The van der Waals surface area contributed by atoms with E-state index in [4.69, 9.17) is 4.74 Å². The zero-order valence-electron chi connectivity index (χ0n) is 11.6. The van der Waals surface area contributed by atoms with Crippen molar-refractivity contribution in [1.82, 2.24) is 5.32 Å². The third kappa shape index (κ3) is 4.67. The Labute approximate surface area is 110 Å². The Kier molecular flexibility index (Phi) is 6.76. The first kappa shape index (κ1) is 15.0. The Bertz CT molecular complexity index is 320. The molecule has 0 saturated heterocycles. The molecule has 0 aromatic heterocycles. The summed E-state index contributed by atoms with van der Waals surface area (Å²) in [6, 6.07) is 7.56. The molecule has 1 aromatic rings. The maximum atomic E-state index is 10.0. The number of benzene rings is 1. The summed E-state index contributed by atoms with van der Waals surface area (Å²) in [6.45, 7) is 5.98. The summed E-state index contributed by atoms with van der Waals surface area (Å²) >= 11 is 0. The van der Waals surface area contributed by atoms with Gasteiger partial charge in [-0.15, -0.1) is 0 Å². The number of aliphatic hydroxyl groups is 1. The lowest BCUT2D eigenvalue weighted by Gasteiger charge is -2.16. The van der Waals surface area contributed by atoms with Crippen LogP contribution in [0.3, 0.4) is 0 Å². The van der Waals surface area contributed by atoms with Crippen molar-refractivity contribution in [2.45, 2.75) is 32.8 Å². The maximum Gasteiger partial charge on any atom is 0.118 e. The number of ether oxygens (including phenoxy) is 1. The lowest BCUT2D eigenvalue weighted by atomic mass is 10.0. The van der Waals surface area contributed by atoms with Gasteiger partial charge in [0.1, 0.15) is 5.75 Å². The van der Waals surface area contributed by atoms with Crippen LogP contribution in [-0.4, -0.2) is 25.3 Å². The lowest BCUT2D eigenvalue weighted by molar-refractivity contribution is 0.172. The van der Waals surface area contributed by atoms with Gasteiger partial charge in [-0.25, -0.2) is 0 Å². The van der Waals surface area contributed by atoms with E-state index in [1.165, 1.54) is 12.8 Å². The van der Waals surface area contributed by atoms with Crippen LogP contribution < -0.4 is 10.1 Å². The minimum absolute atomic E-state index is 0.453. The first-order valence-corrected chi connectivity index (χ1v) is 6.73. The Morgan fingerprint density at radius 1 is 1.11 bits per heavy atom. The highest BCUT2D eigenvalue weighted by atomic mass is 16.5. The van der Waals surface area contributed by atoms with Crippen LogP contribution in [0.1, 0.15) is 38.4 Å². The first-order valence-electron chi connectivity index (χ1n) is 6.73. The summed E-state index contributed by atoms with van der Waals surface area (Å²) in [5.74, 6) is 1.52. The smallest absolute Gasteiger partial charge is 0.118 e. The summed E-state index contributed by atoms with van der Waals surface area (Å²) in [6.07, 6.45) is 1.91. The van der Waals surface area contributed by atoms with Gasteiger partial charge in [0.25, 0.3) is 0 Å². The molecule has 0 saturated carbocycles. The predicted molar refractivity (Wildman–Crippen MR) is 74.9 cm³/mol. The van der Waals surface area contributed by atoms with Crippen molar-refractivity contribution in [3.05, 3.63) is 29.8 Å². The van der Waals surface area contributed by atoms with E-state index in [2.05, 4.69) is 19.2 Å². The summed E-state index contributed by atoms with van der Waals surface area (Å²) < 4.78 is 5.09. The molecule has 3 heteroatoms. The van der Waals surface area contributed by atoms with E-state index in [-0.39, 0.29) is 0 Å². The lowest BCUT2D eigenvalue weighted by Crippen LogP contribution is -2.27. The quantitative estimate of drug-likeness (QED) is 0.746.